The van der Waals surface area contributed by atoms with Crippen LogP contribution < -0.4 is 16.0 Å². The molecule has 0 radical (unpaired) electrons. The molecule has 1 aromatic rings. The number of phenolic OH excluding ortho intramolecular Hbond substituents is 1. The predicted molar refractivity (Wildman–Crippen MR) is 108 cm³/mol. The Bertz CT molecular complexity index is 647. The third-order valence-corrected chi connectivity index (χ3v) is 4.94. The lowest BCUT2D eigenvalue weighted by atomic mass is 9.87. The van der Waals surface area contributed by atoms with Crippen molar-refractivity contribution in [1.29, 1.82) is 0 Å². The maximum Gasteiger partial charge on any atom is 0.315 e. The first-order chi connectivity index (χ1) is 12.8. The highest BCUT2D eigenvalue weighted by Gasteiger charge is 2.17. The third kappa shape index (κ3) is 7.12. The molecule has 0 spiro atoms. The van der Waals surface area contributed by atoms with Crippen LogP contribution in [0.15, 0.2) is 18.2 Å². The summed E-state index contributed by atoms with van der Waals surface area (Å²) in [7, 11) is 0. The zero-order valence-corrected chi connectivity index (χ0v) is 16.7. The highest BCUT2D eigenvalue weighted by Crippen LogP contribution is 2.30. The number of aromatic hydroxyl groups is 1. The largest absolute Gasteiger partial charge is 0.506 e. The Morgan fingerprint density at radius 2 is 1.85 bits per heavy atom. The molecule has 1 aromatic carbocycles. The number of amides is 3. The molecule has 1 aliphatic rings. The molecule has 0 heterocycles. The second-order valence-corrected chi connectivity index (χ2v) is 8.37. The van der Waals surface area contributed by atoms with E-state index in [1.165, 1.54) is 19.3 Å². The summed E-state index contributed by atoms with van der Waals surface area (Å²) in [4.78, 5) is 24.0. The summed E-state index contributed by atoms with van der Waals surface area (Å²) < 4.78 is 0. The molecule has 0 atom stereocenters. The Morgan fingerprint density at radius 1 is 1.15 bits per heavy atom. The summed E-state index contributed by atoms with van der Waals surface area (Å²) in [5, 5.41) is 18.5. The second-order valence-electron chi connectivity index (χ2n) is 8.37. The highest BCUT2D eigenvalue weighted by molar-refractivity contribution is 5.92. The zero-order chi connectivity index (χ0) is 19.9. The summed E-state index contributed by atoms with van der Waals surface area (Å²) in [6.45, 7) is 6.68. The summed E-state index contributed by atoms with van der Waals surface area (Å²) in [5.74, 6) is -0.118. The number of carbonyl (C=O) groups excluding carboxylic acids is 2. The van der Waals surface area contributed by atoms with Gasteiger partial charge in [0.15, 0.2) is 0 Å². The fraction of sp³-hybridized carbons (Fsp3) is 0.619. The van der Waals surface area contributed by atoms with E-state index in [2.05, 4.69) is 36.7 Å². The lowest BCUT2D eigenvalue weighted by Gasteiger charge is -2.22. The van der Waals surface area contributed by atoms with Crippen molar-refractivity contribution < 1.29 is 14.7 Å². The van der Waals surface area contributed by atoms with Crippen molar-refractivity contribution >= 4 is 17.6 Å². The van der Waals surface area contributed by atoms with Gasteiger partial charge >= 0.3 is 6.03 Å². The molecule has 1 saturated carbocycles. The van der Waals surface area contributed by atoms with E-state index in [1.54, 1.807) is 6.07 Å². The van der Waals surface area contributed by atoms with Crippen LogP contribution in [0.2, 0.25) is 0 Å². The van der Waals surface area contributed by atoms with Gasteiger partial charge in [0.25, 0.3) is 0 Å². The van der Waals surface area contributed by atoms with Gasteiger partial charge in [-0.3, -0.25) is 4.79 Å². The number of rotatable bonds is 6. The van der Waals surface area contributed by atoms with E-state index >= 15 is 0 Å². The molecule has 1 fully saturated rings. The quantitative estimate of drug-likeness (QED) is 0.447. The molecule has 0 aromatic heterocycles. The van der Waals surface area contributed by atoms with Crippen molar-refractivity contribution in [1.82, 2.24) is 10.6 Å². The Hall–Kier alpha value is -2.24. The smallest absolute Gasteiger partial charge is 0.315 e. The van der Waals surface area contributed by atoms with Gasteiger partial charge in [-0.05, 0) is 42.4 Å². The van der Waals surface area contributed by atoms with Crippen LogP contribution in [0.1, 0.15) is 71.3 Å². The maximum atomic E-state index is 12.1. The van der Waals surface area contributed by atoms with Crippen molar-refractivity contribution in [2.75, 3.05) is 11.9 Å². The first-order valence-electron chi connectivity index (χ1n) is 9.93. The molecule has 6 heteroatoms. The Balaban J connectivity index is 1.71. The third-order valence-electron chi connectivity index (χ3n) is 4.94. The lowest BCUT2D eigenvalue weighted by molar-refractivity contribution is -0.116. The molecule has 2 rings (SSSR count). The molecule has 27 heavy (non-hydrogen) atoms. The van der Waals surface area contributed by atoms with Crippen LogP contribution in [0.3, 0.4) is 0 Å². The second kappa shape index (κ2) is 9.62. The van der Waals surface area contributed by atoms with Gasteiger partial charge < -0.3 is 21.1 Å². The van der Waals surface area contributed by atoms with E-state index < -0.39 is 0 Å². The molecular formula is C21H33N3O3. The molecule has 150 valence electrons. The molecule has 6 nitrogen and oxygen atoms in total. The zero-order valence-electron chi connectivity index (χ0n) is 16.7. The predicted octanol–water partition coefficient (Wildman–Crippen LogP) is 4.04. The minimum atomic E-state index is -0.175. The van der Waals surface area contributed by atoms with Crippen molar-refractivity contribution in [2.45, 2.75) is 77.2 Å². The first kappa shape index (κ1) is 21.1. The number of hydrogen-bond donors (Lipinski definition) is 4. The molecule has 0 bridgehead atoms. The maximum absolute atomic E-state index is 12.1. The fourth-order valence-corrected chi connectivity index (χ4v) is 3.25. The van der Waals surface area contributed by atoms with Gasteiger partial charge in [0.1, 0.15) is 5.75 Å². The number of carbonyl (C=O) groups is 2. The van der Waals surface area contributed by atoms with Crippen LogP contribution in [0.25, 0.3) is 0 Å². The summed E-state index contributed by atoms with van der Waals surface area (Å²) in [6.07, 6.45) is 6.53. The lowest BCUT2D eigenvalue weighted by Crippen LogP contribution is -2.43. The van der Waals surface area contributed by atoms with Crippen LogP contribution in [0.4, 0.5) is 10.5 Å². The summed E-state index contributed by atoms with van der Waals surface area (Å²) in [5.41, 5.74) is 1.40. The number of benzene rings is 1. The van der Waals surface area contributed by atoms with E-state index in [0.29, 0.717) is 18.7 Å². The average molecular weight is 376 g/mol. The minimum absolute atomic E-state index is 0.0568. The fourth-order valence-electron chi connectivity index (χ4n) is 3.25. The normalized spacial score (nSPS) is 15.2. The van der Waals surface area contributed by atoms with Crippen LogP contribution in [0, 0.1) is 0 Å². The summed E-state index contributed by atoms with van der Waals surface area (Å²) >= 11 is 0. The van der Waals surface area contributed by atoms with Gasteiger partial charge in [0.2, 0.25) is 5.91 Å². The standard InChI is InChI=1S/C21H33N3O3/c1-21(2,3)15-11-12-18(25)17(14-15)24-19(26)10-7-13-22-20(27)23-16-8-5-4-6-9-16/h11-12,14,16,25H,4-10,13H2,1-3H3,(H,24,26)(H2,22,23,27). The number of anilines is 1. The average Bonchev–Trinajstić information content (AvgIpc) is 2.60. The van der Waals surface area contributed by atoms with Gasteiger partial charge in [0.05, 0.1) is 5.69 Å². The van der Waals surface area contributed by atoms with Crippen LogP contribution >= 0.6 is 0 Å². The number of urea groups is 1. The van der Waals surface area contributed by atoms with E-state index in [0.717, 1.165) is 18.4 Å². The van der Waals surface area contributed by atoms with Crippen molar-refractivity contribution in [3.63, 3.8) is 0 Å². The van der Waals surface area contributed by atoms with E-state index in [-0.39, 0.29) is 35.6 Å². The van der Waals surface area contributed by atoms with Crippen LogP contribution in [-0.2, 0) is 10.2 Å². The molecule has 3 amide bonds. The van der Waals surface area contributed by atoms with Gasteiger partial charge in [-0.2, -0.15) is 0 Å². The SMILES string of the molecule is CC(C)(C)c1ccc(O)c(NC(=O)CCCNC(=O)NC2CCCCC2)c1. The van der Waals surface area contributed by atoms with Gasteiger partial charge in [-0.1, -0.05) is 46.1 Å². The number of phenols is 1. The van der Waals surface area contributed by atoms with Crippen molar-refractivity contribution in [3.8, 4) is 5.75 Å². The van der Waals surface area contributed by atoms with Gasteiger partial charge in [0, 0.05) is 19.0 Å². The van der Waals surface area contributed by atoms with Crippen molar-refractivity contribution in [3.05, 3.63) is 23.8 Å². The molecule has 0 unspecified atom stereocenters. The number of hydrogen-bond acceptors (Lipinski definition) is 3. The van der Waals surface area contributed by atoms with Crippen molar-refractivity contribution in [2.24, 2.45) is 0 Å². The van der Waals surface area contributed by atoms with E-state index in [9.17, 15) is 14.7 Å². The monoisotopic (exact) mass is 375 g/mol. The Morgan fingerprint density at radius 3 is 2.52 bits per heavy atom. The highest BCUT2D eigenvalue weighted by atomic mass is 16.3. The number of nitrogens with one attached hydrogen (secondary N) is 3. The molecule has 4 N–H and O–H groups in total. The van der Waals surface area contributed by atoms with Crippen LogP contribution in [0.5, 0.6) is 5.75 Å². The molecule has 0 aliphatic heterocycles. The Kier molecular flexibility index (Phi) is 7.51. The Labute approximate surface area is 162 Å². The van der Waals surface area contributed by atoms with E-state index in [1.807, 2.05) is 12.1 Å². The minimum Gasteiger partial charge on any atom is -0.506 e. The first-order valence-corrected chi connectivity index (χ1v) is 9.93. The topological polar surface area (TPSA) is 90.5 Å². The molecular weight excluding hydrogens is 342 g/mol. The van der Waals surface area contributed by atoms with Gasteiger partial charge in [-0.25, -0.2) is 4.79 Å². The van der Waals surface area contributed by atoms with Gasteiger partial charge in [-0.15, -0.1) is 0 Å². The molecule has 0 saturated heterocycles. The summed E-state index contributed by atoms with van der Waals surface area (Å²) in [6, 6.07) is 5.40. The molecule has 1 aliphatic carbocycles. The van der Waals surface area contributed by atoms with E-state index in [4.69, 9.17) is 0 Å². The van der Waals surface area contributed by atoms with Crippen LogP contribution in [-0.4, -0.2) is 29.6 Å².